The number of methoxy groups -OCH3 is 1. The Morgan fingerprint density at radius 1 is 1.33 bits per heavy atom. The Labute approximate surface area is 124 Å². The van der Waals surface area contributed by atoms with Crippen molar-refractivity contribution in [3.63, 3.8) is 0 Å². The highest BCUT2D eigenvalue weighted by Gasteiger charge is 2.26. The summed E-state index contributed by atoms with van der Waals surface area (Å²) in [6, 6.07) is 11.8. The molecule has 0 spiro atoms. The number of nitriles is 1. The first-order chi connectivity index (χ1) is 10.3. The van der Waals surface area contributed by atoms with E-state index in [0.717, 1.165) is 11.6 Å². The van der Waals surface area contributed by atoms with Crippen molar-refractivity contribution >= 4 is 5.82 Å². The van der Waals surface area contributed by atoms with Crippen LogP contribution in [0.2, 0.25) is 0 Å². The Hall–Kier alpha value is -2.54. The number of anilines is 1. The third-order valence-electron chi connectivity index (χ3n) is 3.72. The fraction of sp³-hybridized carbons (Fsp3) is 0.294. The van der Waals surface area contributed by atoms with Crippen LogP contribution in [0.1, 0.15) is 35.4 Å². The van der Waals surface area contributed by atoms with Crippen molar-refractivity contribution in [2.24, 2.45) is 0 Å². The Morgan fingerprint density at radius 3 is 2.90 bits per heavy atom. The van der Waals surface area contributed by atoms with Gasteiger partial charge in [0, 0.05) is 12.7 Å². The van der Waals surface area contributed by atoms with E-state index in [1.807, 2.05) is 6.07 Å². The van der Waals surface area contributed by atoms with Crippen LogP contribution in [-0.2, 0) is 6.54 Å². The van der Waals surface area contributed by atoms with Crippen LogP contribution in [0.3, 0.4) is 0 Å². The molecule has 0 aliphatic heterocycles. The number of hydrogen-bond donors (Lipinski definition) is 1. The smallest absolute Gasteiger partial charge is 0.127 e. The quantitative estimate of drug-likeness (QED) is 0.910. The molecule has 1 N–H and O–H groups in total. The molecule has 21 heavy (non-hydrogen) atoms. The number of nitrogens with zero attached hydrogens (tertiary/aromatic N) is 2. The summed E-state index contributed by atoms with van der Waals surface area (Å²) >= 11 is 0. The summed E-state index contributed by atoms with van der Waals surface area (Å²) in [7, 11) is 1.68. The zero-order chi connectivity index (χ0) is 14.7. The molecule has 0 saturated heterocycles. The topological polar surface area (TPSA) is 57.9 Å². The molecule has 1 aromatic carbocycles. The molecule has 3 rings (SSSR count). The lowest BCUT2D eigenvalue weighted by Crippen LogP contribution is -2.04. The number of hydrogen-bond acceptors (Lipinski definition) is 4. The van der Waals surface area contributed by atoms with E-state index in [1.54, 1.807) is 25.4 Å². The molecule has 106 valence electrons. The standard InChI is InChI=1S/C17H17N3O/c1-21-15-4-5-16(13-2-3-13)14(9-15)11-20-17-8-12(10-18)6-7-19-17/h4-9,13H,2-3,11H2,1H3,(H,19,20). The molecular formula is C17H17N3O. The monoisotopic (exact) mass is 279 g/mol. The average molecular weight is 279 g/mol. The maximum atomic E-state index is 8.92. The third-order valence-corrected chi connectivity index (χ3v) is 3.72. The van der Waals surface area contributed by atoms with Crippen LogP contribution in [0.5, 0.6) is 5.75 Å². The van der Waals surface area contributed by atoms with Gasteiger partial charge in [0.05, 0.1) is 18.7 Å². The molecule has 1 fully saturated rings. The Morgan fingerprint density at radius 2 is 2.19 bits per heavy atom. The van der Waals surface area contributed by atoms with Gasteiger partial charge in [0.1, 0.15) is 11.6 Å². The van der Waals surface area contributed by atoms with Crippen LogP contribution in [-0.4, -0.2) is 12.1 Å². The van der Waals surface area contributed by atoms with Gasteiger partial charge in [-0.25, -0.2) is 4.98 Å². The van der Waals surface area contributed by atoms with Crippen LogP contribution < -0.4 is 10.1 Å². The summed E-state index contributed by atoms with van der Waals surface area (Å²) in [5.41, 5.74) is 3.24. The highest BCUT2D eigenvalue weighted by Crippen LogP contribution is 2.42. The van der Waals surface area contributed by atoms with Crippen molar-refractivity contribution in [2.75, 3.05) is 12.4 Å². The molecule has 0 bridgehead atoms. The normalized spacial score (nSPS) is 13.5. The lowest BCUT2D eigenvalue weighted by Gasteiger charge is -2.12. The molecule has 2 aromatic rings. The van der Waals surface area contributed by atoms with Crippen LogP contribution in [0.25, 0.3) is 0 Å². The summed E-state index contributed by atoms with van der Waals surface area (Å²) in [6.07, 6.45) is 4.18. The second kappa shape index (κ2) is 5.84. The fourth-order valence-corrected chi connectivity index (χ4v) is 2.44. The van der Waals surface area contributed by atoms with Gasteiger partial charge in [-0.3, -0.25) is 0 Å². The number of rotatable bonds is 5. The number of benzene rings is 1. The van der Waals surface area contributed by atoms with Crippen molar-refractivity contribution in [1.82, 2.24) is 4.98 Å². The second-order valence-electron chi connectivity index (χ2n) is 5.23. The van der Waals surface area contributed by atoms with E-state index in [0.29, 0.717) is 18.0 Å². The van der Waals surface area contributed by atoms with Gasteiger partial charge >= 0.3 is 0 Å². The summed E-state index contributed by atoms with van der Waals surface area (Å²) < 4.78 is 5.31. The van der Waals surface area contributed by atoms with E-state index in [2.05, 4.69) is 28.5 Å². The molecule has 1 aromatic heterocycles. The van der Waals surface area contributed by atoms with Gasteiger partial charge in [-0.05, 0) is 54.2 Å². The maximum absolute atomic E-state index is 8.92. The summed E-state index contributed by atoms with van der Waals surface area (Å²) in [4.78, 5) is 4.24. The minimum atomic E-state index is 0.612. The lowest BCUT2D eigenvalue weighted by molar-refractivity contribution is 0.414. The predicted molar refractivity (Wildman–Crippen MR) is 81.2 cm³/mol. The largest absolute Gasteiger partial charge is 0.497 e. The molecule has 1 aliphatic carbocycles. The molecule has 0 amide bonds. The van der Waals surface area contributed by atoms with Gasteiger partial charge in [-0.2, -0.15) is 5.26 Å². The number of pyridine rings is 1. The minimum Gasteiger partial charge on any atom is -0.497 e. The zero-order valence-corrected chi connectivity index (χ0v) is 12.0. The first-order valence-electron chi connectivity index (χ1n) is 7.07. The van der Waals surface area contributed by atoms with Gasteiger partial charge in [-0.1, -0.05) is 6.07 Å². The highest BCUT2D eigenvalue weighted by atomic mass is 16.5. The van der Waals surface area contributed by atoms with Crippen LogP contribution in [0, 0.1) is 11.3 Å². The van der Waals surface area contributed by atoms with Gasteiger partial charge < -0.3 is 10.1 Å². The van der Waals surface area contributed by atoms with Gasteiger partial charge in [0.15, 0.2) is 0 Å². The summed E-state index contributed by atoms with van der Waals surface area (Å²) in [5, 5.41) is 12.2. The number of aromatic nitrogens is 1. The lowest BCUT2D eigenvalue weighted by atomic mass is 10.0. The van der Waals surface area contributed by atoms with Gasteiger partial charge in [0.2, 0.25) is 0 Å². The average Bonchev–Trinajstić information content (AvgIpc) is 3.37. The van der Waals surface area contributed by atoms with E-state index in [1.165, 1.54) is 24.0 Å². The molecule has 4 heteroatoms. The maximum Gasteiger partial charge on any atom is 0.127 e. The predicted octanol–water partition coefficient (Wildman–Crippen LogP) is 3.45. The van der Waals surface area contributed by atoms with Crippen molar-refractivity contribution in [3.8, 4) is 11.8 Å². The number of nitrogens with one attached hydrogen (secondary N) is 1. The molecule has 4 nitrogen and oxygen atoms in total. The van der Waals surface area contributed by atoms with Crippen LogP contribution >= 0.6 is 0 Å². The van der Waals surface area contributed by atoms with E-state index in [9.17, 15) is 0 Å². The first-order valence-corrected chi connectivity index (χ1v) is 7.07. The SMILES string of the molecule is COc1ccc(C2CC2)c(CNc2cc(C#N)ccn2)c1. The minimum absolute atomic E-state index is 0.612. The van der Waals surface area contributed by atoms with Crippen LogP contribution in [0.4, 0.5) is 5.82 Å². The van der Waals surface area contributed by atoms with Gasteiger partial charge in [0.25, 0.3) is 0 Å². The zero-order valence-electron chi connectivity index (χ0n) is 12.0. The van der Waals surface area contributed by atoms with Crippen molar-refractivity contribution < 1.29 is 4.74 Å². The van der Waals surface area contributed by atoms with E-state index >= 15 is 0 Å². The fourth-order valence-electron chi connectivity index (χ4n) is 2.44. The third kappa shape index (κ3) is 3.14. The molecule has 1 saturated carbocycles. The first kappa shape index (κ1) is 13.4. The van der Waals surface area contributed by atoms with E-state index in [4.69, 9.17) is 10.00 Å². The summed E-state index contributed by atoms with van der Waals surface area (Å²) in [5.74, 6) is 2.28. The molecule has 0 unspecified atom stereocenters. The Balaban J connectivity index is 1.78. The van der Waals surface area contributed by atoms with Crippen LogP contribution in [0.15, 0.2) is 36.5 Å². The Bertz CT molecular complexity index is 687. The molecule has 0 radical (unpaired) electrons. The molecule has 1 aliphatic rings. The second-order valence-corrected chi connectivity index (χ2v) is 5.23. The summed E-state index contributed by atoms with van der Waals surface area (Å²) in [6.45, 7) is 0.685. The Kier molecular flexibility index (Phi) is 3.74. The van der Waals surface area contributed by atoms with E-state index in [-0.39, 0.29) is 0 Å². The molecule has 0 atom stereocenters. The number of ether oxygens (including phenoxy) is 1. The molecular weight excluding hydrogens is 262 g/mol. The van der Waals surface area contributed by atoms with Crippen molar-refractivity contribution in [2.45, 2.75) is 25.3 Å². The van der Waals surface area contributed by atoms with Crippen molar-refractivity contribution in [1.29, 1.82) is 5.26 Å². The van der Waals surface area contributed by atoms with E-state index < -0.39 is 0 Å². The van der Waals surface area contributed by atoms with Gasteiger partial charge in [-0.15, -0.1) is 0 Å². The highest BCUT2D eigenvalue weighted by molar-refractivity contribution is 5.45. The molecule has 1 heterocycles. The van der Waals surface area contributed by atoms with Crippen molar-refractivity contribution in [3.05, 3.63) is 53.2 Å².